The lowest BCUT2D eigenvalue weighted by atomic mass is 9.99. The molecule has 0 amide bonds. The minimum Gasteiger partial charge on any atom is -0.381 e. The predicted molar refractivity (Wildman–Crippen MR) is 75.9 cm³/mol. The average molecular weight is 248 g/mol. The van der Waals surface area contributed by atoms with Crippen LogP contribution in [0.2, 0.25) is 0 Å². The Labute approximate surface area is 110 Å². The molecule has 18 heavy (non-hydrogen) atoms. The lowest BCUT2D eigenvalue weighted by molar-refractivity contribution is 0.0685. The molecule has 3 nitrogen and oxygen atoms in total. The molecule has 0 bridgehead atoms. The van der Waals surface area contributed by atoms with Crippen LogP contribution in [0, 0.1) is 5.92 Å². The molecule has 1 atom stereocenters. The Morgan fingerprint density at radius 3 is 2.44 bits per heavy atom. The second-order valence-electron chi connectivity index (χ2n) is 5.32. The second-order valence-corrected chi connectivity index (χ2v) is 5.32. The number of nitrogens with two attached hydrogens (primary N) is 1. The summed E-state index contributed by atoms with van der Waals surface area (Å²) in [5.41, 5.74) is 8.32. The van der Waals surface area contributed by atoms with Crippen LogP contribution in [0.4, 0.5) is 5.69 Å². The number of hydrogen-bond acceptors (Lipinski definition) is 3. The van der Waals surface area contributed by atoms with Crippen LogP contribution in [-0.4, -0.2) is 26.8 Å². The summed E-state index contributed by atoms with van der Waals surface area (Å²) in [6.45, 7) is 4.96. The first kappa shape index (κ1) is 13.4. The Balaban J connectivity index is 1.93. The van der Waals surface area contributed by atoms with E-state index in [0.717, 1.165) is 25.7 Å². The summed E-state index contributed by atoms with van der Waals surface area (Å²) in [6.07, 6.45) is 2.37. The molecule has 0 spiro atoms. The highest BCUT2D eigenvalue weighted by Crippen LogP contribution is 2.21. The van der Waals surface area contributed by atoms with Gasteiger partial charge < -0.3 is 15.4 Å². The first-order valence-electron chi connectivity index (χ1n) is 6.81. The number of anilines is 1. The summed E-state index contributed by atoms with van der Waals surface area (Å²) in [5.74, 6) is 0.761. The average Bonchev–Trinajstić information content (AvgIpc) is 2.40. The van der Waals surface area contributed by atoms with Crippen LogP contribution < -0.4 is 10.6 Å². The van der Waals surface area contributed by atoms with Gasteiger partial charge in [0.1, 0.15) is 0 Å². The van der Waals surface area contributed by atoms with E-state index in [9.17, 15) is 0 Å². The molecule has 3 heteroatoms. The predicted octanol–water partition coefficient (Wildman–Crippen LogP) is 2.57. The van der Waals surface area contributed by atoms with Crippen molar-refractivity contribution in [3.63, 3.8) is 0 Å². The molecule has 1 aromatic rings. The number of hydrogen-bond donors (Lipinski definition) is 1. The number of ether oxygens (including phenoxy) is 1. The summed E-state index contributed by atoms with van der Waals surface area (Å²) in [5, 5.41) is 0. The molecule has 0 aliphatic carbocycles. The normalized spacial score (nSPS) is 18.6. The molecule has 0 unspecified atom stereocenters. The van der Waals surface area contributed by atoms with Gasteiger partial charge >= 0.3 is 0 Å². The lowest BCUT2D eigenvalue weighted by Gasteiger charge is -2.28. The first-order chi connectivity index (χ1) is 8.66. The fourth-order valence-electron chi connectivity index (χ4n) is 2.45. The van der Waals surface area contributed by atoms with Crippen molar-refractivity contribution in [1.29, 1.82) is 0 Å². The molecule has 0 aromatic heterocycles. The van der Waals surface area contributed by atoms with Gasteiger partial charge in [-0.15, -0.1) is 0 Å². The fraction of sp³-hybridized carbons (Fsp3) is 0.600. The van der Waals surface area contributed by atoms with Crippen molar-refractivity contribution in [3.05, 3.63) is 29.8 Å². The highest BCUT2D eigenvalue weighted by Gasteiger charge is 2.16. The Kier molecular flexibility index (Phi) is 4.61. The van der Waals surface area contributed by atoms with Crippen molar-refractivity contribution < 1.29 is 4.74 Å². The van der Waals surface area contributed by atoms with E-state index in [1.807, 2.05) is 6.92 Å². The molecule has 1 aromatic carbocycles. The molecule has 1 fully saturated rings. The molecule has 1 aliphatic rings. The van der Waals surface area contributed by atoms with Gasteiger partial charge in [-0.3, -0.25) is 0 Å². The zero-order valence-corrected chi connectivity index (χ0v) is 11.4. The van der Waals surface area contributed by atoms with E-state index >= 15 is 0 Å². The van der Waals surface area contributed by atoms with E-state index in [2.05, 4.69) is 36.2 Å². The third-order valence-electron chi connectivity index (χ3n) is 3.73. The van der Waals surface area contributed by atoms with Crippen molar-refractivity contribution in [2.24, 2.45) is 11.7 Å². The zero-order valence-electron chi connectivity index (χ0n) is 11.4. The highest BCUT2D eigenvalue weighted by molar-refractivity contribution is 5.47. The van der Waals surface area contributed by atoms with Crippen molar-refractivity contribution in [2.75, 3.05) is 31.7 Å². The van der Waals surface area contributed by atoms with E-state index < -0.39 is 0 Å². The third kappa shape index (κ3) is 3.47. The van der Waals surface area contributed by atoms with Crippen LogP contribution in [-0.2, 0) is 4.74 Å². The van der Waals surface area contributed by atoms with Gasteiger partial charge in [0.05, 0.1) is 0 Å². The Hall–Kier alpha value is -1.06. The number of benzene rings is 1. The highest BCUT2D eigenvalue weighted by atomic mass is 16.5. The van der Waals surface area contributed by atoms with E-state index in [1.165, 1.54) is 24.1 Å². The van der Waals surface area contributed by atoms with Crippen LogP contribution in [0.15, 0.2) is 24.3 Å². The molecule has 2 rings (SSSR count). The zero-order chi connectivity index (χ0) is 13.0. The smallest absolute Gasteiger partial charge is 0.0469 e. The van der Waals surface area contributed by atoms with E-state index in [4.69, 9.17) is 10.5 Å². The van der Waals surface area contributed by atoms with Gasteiger partial charge in [-0.2, -0.15) is 0 Å². The van der Waals surface area contributed by atoms with Gasteiger partial charge in [-0.05, 0) is 43.4 Å². The Bertz CT molecular complexity index is 355. The fourth-order valence-corrected chi connectivity index (χ4v) is 2.45. The number of nitrogens with zero attached hydrogens (tertiary/aromatic N) is 1. The standard InChI is InChI=1S/C15H24N2O/c1-12(16)14-3-5-15(6-4-14)17(2)11-13-7-9-18-10-8-13/h3-6,12-13H,7-11,16H2,1-2H3/t12-/m0/s1. The molecule has 2 N–H and O–H groups in total. The molecule has 1 heterocycles. The van der Waals surface area contributed by atoms with E-state index in [-0.39, 0.29) is 6.04 Å². The number of rotatable bonds is 4. The molecule has 100 valence electrons. The quantitative estimate of drug-likeness (QED) is 0.890. The van der Waals surface area contributed by atoms with Crippen LogP contribution in [0.1, 0.15) is 31.4 Å². The molecule has 0 saturated carbocycles. The van der Waals surface area contributed by atoms with Crippen molar-refractivity contribution >= 4 is 5.69 Å². The van der Waals surface area contributed by atoms with Crippen LogP contribution in [0.25, 0.3) is 0 Å². The lowest BCUT2D eigenvalue weighted by Crippen LogP contribution is -2.29. The SMILES string of the molecule is C[C@H](N)c1ccc(N(C)CC2CCOCC2)cc1. The molecule has 1 saturated heterocycles. The maximum atomic E-state index is 5.86. The summed E-state index contributed by atoms with van der Waals surface area (Å²) in [4.78, 5) is 2.33. The maximum absolute atomic E-state index is 5.86. The summed E-state index contributed by atoms with van der Waals surface area (Å²) < 4.78 is 5.40. The van der Waals surface area contributed by atoms with Crippen LogP contribution >= 0.6 is 0 Å². The molecule has 1 aliphatic heterocycles. The van der Waals surface area contributed by atoms with Crippen molar-refractivity contribution in [3.8, 4) is 0 Å². The van der Waals surface area contributed by atoms with Gasteiger partial charge in [0, 0.05) is 38.5 Å². The van der Waals surface area contributed by atoms with Crippen molar-refractivity contribution in [2.45, 2.75) is 25.8 Å². The van der Waals surface area contributed by atoms with Gasteiger partial charge in [0.25, 0.3) is 0 Å². The minimum atomic E-state index is 0.111. The Morgan fingerprint density at radius 2 is 1.89 bits per heavy atom. The van der Waals surface area contributed by atoms with E-state index in [1.54, 1.807) is 0 Å². The summed E-state index contributed by atoms with van der Waals surface area (Å²) in [7, 11) is 2.16. The van der Waals surface area contributed by atoms with Gasteiger partial charge in [0.2, 0.25) is 0 Å². The van der Waals surface area contributed by atoms with Gasteiger partial charge in [-0.25, -0.2) is 0 Å². The van der Waals surface area contributed by atoms with E-state index in [0.29, 0.717) is 0 Å². The van der Waals surface area contributed by atoms with Crippen LogP contribution in [0.3, 0.4) is 0 Å². The summed E-state index contributed by atoms with van der Waals surface area (Å²) >= 11 is 0. The minimum absolute atomic E-state index is 0.111. The summed E-state index contributed by atoms with van der Waals surface area (Å²) in [6, 6.07) is 8.69. The Morgan fingerprint density at radius 1 is 1.28 bits per heavy atom. The second kappa shape index (κ2) is 6.21. The van der Waals surface area contributed by atoms with Gasteiger partial charge in [-0.1, -0.05) is 12.1 Å². The largest absolute Gasteiger partial charge is 0.381 e. The maximum Gasteiger partial charge on any atom is 0.0469 e. The molecule has 0 radical (unpaired) electrons. The van der Waals surface area contributed by atoms with Gasteiger partial charge in [0.15, 0.2) is 0 Å². The monoisotopic (exact) mass is 248 g/mol. The topological polar surface area (TPSA) is 38.5 Å². The third-order valence-corrected chi connectivity index (χ3v) is 3.73. The van der Waals surface area contributed by atoms with Crippen LogP contribution in [0.5, 0.6) is 0 Å². The molecular weight excluding hydrogens is 224 g/mol. The molecular formula is C15H24N2O. The van der Waals surface area contributed by atoms with Crippen molar-refractivity contribution in [1.82, 2.24) is 0 Å². The first-order valence-corrected chi connectivity index (χ1v) is 6.81.